The summed E-state index contributed by atoms with van der Waals surface area (Å²) in [5.74, 6) is 0.829. The lowest BCUT2D eigenvalue weighted by atomic mass is 10.1. The second-order valence-corrected chi connectivity index (χ2v) is 4.84. The Labute approximate surface area is 130 Å². The molecular weight excluding hydrogens is 300 g/mol. The van der Waals surface area contributed by atoms with Crippen LogP contribution < -0.4 is 11.0 Å². The molecule has 118 valence electrons. The van der Waals surface area contributed by atoms with Gasteiger partial charge in [-0.2, -0.15) is 10.1 Å². The molecule has 0 unspecified atom stereocenters. The van der Waals surface area contributed by atoms with Crippen molar-refractivity contribution < 1.29 is 9.32 Å². The minimum absolute atomic E-state index is 0.0379. The highest BCUT2D eigenvalue weighted by Crippen LogP contribution is 2.06. The summed E-state index contributed by atoms with van der Waals surface area (Å²) in [6.45, 7) is 0.120. The van der Waals surface area contributed by atoms with Crippen molar-refractivity contribution in [2.45, 2.75) is 19.4 Å². The van der Waals surface area contributed by atoms with Crippen LogP contribution >= 0.6 is 0 Å². The summed E-state index contributed by atoms with van der Waals surface area (Å²) < 4.78 is 5.09. The Hall–Kier alpha value is -3.23. The second-order valence-electron chi connectivity index (χ2n) is 4.84. The molecule has 0 saturated heterocycles. The number of benzene rings is 1. The molecule has 0 atom stereocenters. The Bertz CT molecular complexity index is 835. The van der Waals surface area contributed by atoms with E-state index in [2.05, 4.69) is 30.6 Å². The van der Waals surface area contributed by atoms with Gasteiger partial charge in [0.25, 0.3) is 0 Å². The van der Waals surface area contributed by atoms with Gasteiger partial charge in [-0.05, 0) is 5.56 Å². The number of carbonyl (C=O) groups excluding carboxylic acids is 1. The first-order valence-electron chi connectivity index (χ1n) is 6.94. The SMILES string of the molecule is O=C(Cc1n[nH]c(=O)[nH]1)NCc1nc(Cc2ccccc2)no1. The molecule has 3 rings (SSSR count). The van der Waals surface area contributed by atoms with Crippen molar-refractivity contribution in [1.29, 1.82) is 0 Å². The van der Waals surface area contributed by atoms with E-state index >= 15 is 0 Å². The first-order valence-corrected chi connectivity index (χ1v) is 6.94. The highest BCUT2D eigenvalue weighted by Gasteiger charge is 2.10. The zero-order valence-electron chi connectivity index (χ0n) is 12.1. The molecule has 2 heterocycles. The van der Waals surface area contributed by atoms with E-state index in [-0.39, 0.29) is 24.7 Å². The number of hydrogen-bond acceptors (Lipinski definition) is 6. The third-order valence-corrected chi connectivity index (χ3v) is 3.03. The average molecular weight is 314 g/mol. The van der Waals surface area contributed by atoms with Crippen molar-refractivity contribution in [3.05, 3.63) is 63.9 Å². The van der Waals surface area contributed by atoms with Crippen molar-refractivity contribution in [3.8, 4) is 0 Å². The third-order valence-electron chi connectivity index (χ3n) is 3.03. The predicted molar refractivity (Wildman–Crippen MR) is 78.3 cm³/mol. The van der Waals surface area contributed by atoms with Gasteiger partial charge in [0, 0.05) is 6.42 Å². The second kappa shape index (κ2) is 6.69. The lowest BCUT2D eigenvalue weighted by Crippen LogP contribution is -2.25. The number of H-pyrrole nitrogens is 2. The maximum absolute atomic E-state index is 11.7. The van der Waals surface area contributed by atoms with E-state index in [1.54, 1.807) is 0 Å². The van der Waals surface area contributed by atoms with E-state index in [1.807, 2.05) is 30.3 Å². The van der Waals surface area contributed by atoms with Crippen molar-refractivity contribution >= 4 is 5.91 Å². The van der Waals surface area contributed by atoms with Crippen LogP contribution in [-0.4, -0.2) is 31.2 Å². The first kappa shape index (κ1) is 14.7. The molecule has 1 amide bonds. The van der Waals surface area contributed by atoms with E-state index in [4.69, 9.17) is 4.52 Å². The summed E-state index contributed by atoms with van der Waals surface area (Å²) in [6.07, 6.45) is 0.524. The number of rotatable bonds is 6. The lowest BCUT2D eigenvalue weighted by Gasteiger charge is -1.99. The van der Waals surface area contributed by atoms with Crippen LogP contribution in [0.5, 0.6) is 0 Å². The molecule has 0 bridgehead atoms. The summed E-state index contributed by atoms with van der Waals surface area (Å²) >= 11 is 0. The smallest absolute Gasteiger partial charge is 0.340 e. The summed E-state index contributed by atoms with van der Waals surface area (Å²) in [4.78, 5) is 29.2. The number of aromatic amines is 2. The number of nitrogens with zero attached hydrogens (tertiary/aromatic N) is 3. The van der Waals surface area contributed by atoms with Gasteiger partial charge in [0.2, 0.25) is 11.8 Å². The van der Waals surface area contributed by atoms with Crippen LogP contribution in [0, 0.1) is 0 Å². The number of carbonyl (C=O) groups is 1. The van der Waals surface area contributed by atoms with Crippen LogP contribution in [0.15, 0.2) is 39.6 Å². The average Bonchev–Trinajstić information content (AvgIpc) is 3.15. The molecule has 0 aliphatic carbocycles. The molecule has 0 fully saturated rings. The molecule has 0 radical (unpaired) electrons. The molecule has 2 aromatic heterocycles. The van der Waals surface area contributed by atoms with Crippen LogP contribution in [-0.2, 0) is 24.2 Å². The molecule has 0 aliphatic rings. The fourth-order valence-corrected chi connectivity index (χ4v) is 1.99. The van der Waals surface area contributed by atoms with E-state index in [9.17, 15) is 9.59 Å². The maximum Gasteiger partial charge on any atom is 0.340 e. The molecule has 0 spiro atoms. The first-order chi connectivity index (χ1) is 11.2. The third kappa shape index (κ3) is 4.13. The minimum atomic E-state index is -0.449. The fourth-order valence-electron chi connectivity index (χ4n) is 1.99. The summed E-state index contributed by atoms with van der Waals surface area (Å²) in [5, 5.41) is 12.3. The zero-order chi connectivity index (χ0) is 16.1. The van der Waals surface area contributed by atoms with Crippen LogP contribution in [0.25, 0.3) is 0 Å². The molecule has 1 aromatic carbocycles. The van der Waals surface area contributed by atoms with Crippen LogP contribution in [0.3, 0.4) is 0 Å². The van der Waals surface area contributed by atoms with E-state index < -0.39 is 5.69 Å². The molecule has 3 aromatic rings. The van der Waals surface area contributed by atoms with E-state index in [0.717, 1.165) is 5.56 Å². The fraction of sp³-hybridized carbons (Fsp3) is 0.214. The van der Waals surface area contributed by atoms with Crippen molar-refractivity contribution in [2.24, 2.45) is 0 Å². The summed E-state index contributed by atoms with van der Waals surface area (Å²) in [6, 6.07) is 9.77. The summed E-state index contributed by atoms with van der Waals surface area (Å²) in [7, 11) is 0. The minimum Gasteiger partial charge on any atom is -0.347 e. The largest absolute Gasteiger partial charge is 0.347 e. The normalized spacial score (nSPS) is 10.6. The van der Waals surface area contributed by atoms with Crippen LogP contribution in [0.1, 0.15) is 23.1 Å². The quantitative estimate of drug-likeness (QED) is 0.584. The maximum atomic E-state index is 11.7. The lowest BCUT2D eigenvalue weighted by molar-refractivity contribution is -0.120. The number of amides is 1. The topological polar surface area (TPSA) is 130 Å². The molecule has 0 aliphatic heterocycles. The monoisotopic (exact) mass is 314 g/mol. The Morgan fingerprint density at radius 2 is 2.09 bits per heavy atom. The van der Waals surface area contributed by atoms with Gasteiger partial charge < -0.3 is 9.84 Å². The van der Waals surface area contributed by atoms with Crippen LogP contribution in [0.4, 0.5) is 0 Å². The Balaban J connectivity index is 1.51. The van der Waals surface area contributed by atoms with Crippen LogP contribution in [0.2, 0.25) is 0 Å². The van der Waals surface area contributed by atoms with Gasteiger partial charge in [0.05, 0.1) is 13.0 Å². The molecule has 0 saturated carbocycles. The molecule has 9 nitrogen and oxygen atoms in total. The molecule has 23 heavy (non-hydrogen) atoms. The summed E-state index contributed by atoms with van der Waals surface area (Å²) in [5.41, 5.74) is 0.627. The van der Waals surface area contributed by atoms with Crippen molar-refractivity contribution in [3.63, 3.8) is 0 Å². The zero-order valence-corrected chi connectivity index (χ0v) is 12.1. The number of nitrogens with one attached hydrogen (secondary N) is 3. The van der Waals surface area contributed by atoms with E-state index in [0.29, 0.717) is 18.1 Å². The van der Waals surface area contributed by atoms with Gasteiger partial charge in [-0.15, -0.1) is 0 Å². The van der Waals surface area contributed by atoms with E-state index in [1.165, 1.54) is 0 Å². The van der Waals surface area contributed by atoms with Crippen molar-refractivity contribution in [1.82, 2.24) is 30.6 Å². The van der Waals surface area contributed by atoms with Gasteiger partial charge in [0.15, 0.2) is 5.82 Å². The molecule has 3 N–H and O–H groups in total. The van der Waals surface area contributed by atoms with Gasteiger partial charge >= 0.3 is 5.69 Å². The number of aromatic nitrogens is 5. The van der Waals surface area contributed by atoms with Gasteiger partial charge in [0.1, 0.15) is 5.82 Å². The number of hydrogen-bond donors (Lipinski definition) is 3. The Morgan fingerprint density at radius 3 is 2.83 bits per heavy atom. The highest BCUT2D eigenvalue weighted by atomic mass is 16.5. The van der Waals surface area contributed by atoms with Crippen molar-refractivity contribution in [2.75, 3.05) is 0 Å². The van der Waals surface area contributed by atoms with Gasteiger partial charge in [-0.3, -0.25) is 9.78 Å². The Kier molecular flexibility index (Phi) is 4.27. The van der Waals surface area contributed by atoms with Gasteiger partial charge in [-0.1, -0.05) is 35.5 Å². The predicted octanol–water partition coefficient (Wildman–Crippen LogP) is -0.0693. The highest BCUT2D eigenvalue weighted by molar-refractivity contribution is 5.77. The van der Waals surface area contributed by atoms with Gasteiger partial charge in [-0.25, -0.2) is 9.89 Å². The molecule has 9 heteroatoms. The standard InChI is InChI=1S/C14H14N6O3/c21-12(7-10-17-14(22)19-18-10)15-8-13-16-11(20-23-13)6-9-4-2-1-3-5-9/h1-5H,6-8H2,(H,15,21)(H2,17,18,19,22). The molecular formula is C14H14N6O3. The Morgan fingerprint density at radius 1 is 1.26 bits per heavy atom.